The Hall–Kier alpha value is 0.530. The van der Waals surface area contributed by atoms with Crippen LogP contribution in [0.1, 0.15) is 0 Å². The van der Waals surface area contributed by atoms with Crippen molar-refractivity contribution >= 4 is 23.0 Å². The Morgan fingerprint density at radius 3 is 2.25 bits per heavy atom. The predicted octanol–water partition coefficient (Wildman–Crippen LogP) is 0.0490. The largest absolute Gasteiger partial charge is 0.771 e. The summed E-state index contributed by atoms with van der Waals surface area (Å²) >= 11 is 1.64. The van der Waals surface area contributed by atoms with Crippen LogP contribution in [0, 0.1) is 5.21 Å². The molecule has 8 heavy (non-hydrogen) atoms. The Balaban J connectivity index is 3.10. The van der Waals surface area contributed by atoms with E-state index in [1.54, 1.807) is 30.1 Å². The fourth-order valence-corrected chi connectivity index (χ4v) is 0.302. The molecule has 0 aromatic heterocycles. The number of hydrogen-bond acceptors (Lipinski definition) is 5. The molecule has 0 fully saturated rings. The van der Waals surface area contributed by atoms with Crippen LogP contribution in [0.4, 0.5) is 0 Å². The van der Waals surface area contributed by atoms with E-state index in [0.717, 1.165) is 0 Å². The molecule has 0 bridgehead atoms. The van der Waals surface area contributed by atoms with E-state index < -0.39 is 0 Å². The number of hydroxylamine groups is 2. The average Bonchev–Trinajstić information content (AvgIpc) is 1.65. The molecule has 0 heterocycles. The van der Waals surface area contributed by atoms with Gasteiger partial charge in [-0.25, -0.2) is 3.17 Å². The lowest BCUT2D eigenvalue weighted by Crippen LogP contribution is -2.40. The highest BCUT2D eigenvalue weighted by Gasteiger charge is 1.88. The average molecular weight is 232 g/mol. The fraction of sp³-hybridized carbons (Fsp3) is 1.00. The highest BCUT2D eigenvalue weighted by atomic mass is 127. The summed E-state index contributed by atoms with van der Waals surface area (Å²) in [5.41, 5.74) is 2.27. The molecule has 0 atom stereocenters. The first-order valence-corrected chi connectivity index (χ1v) is 2.74. The molecule has 0 aromatic rings. The number of halogens is 1. The number of hydrogen-bond donors (Lipinski definition) is 1. The molecule has 5 nitrogen and oxygen atoms in total. The molecule has 0 saturated heterocycles. The lowest BCUT2D eigenvalue weighted by Gasteiger charge is -2.26. The molecule has 0 spiro atoms. The zero-order chi connectivity index (χ0) is 6.57. The predicted molar refractivity (Wildman–Crippen MR) is 37.1 cm³/mol. The molecule has 0 amide bonds. The van der Waals surface area contributed by atoms with Crippen LogP contribution < -0.4 is 5.53 Å². The molecule has 0 aliphatic heterocycles. The van der Waals surface area contributed by atoms with Crippen molar-refractivity contribution in [1.82, 2.24) is 15.9 Å². The van der Waals surface area contributed by atoms with Gasteiger partial charge in [0.25, 0.3) is 0 Å². The maximum absolute atomic E-state index is 10.1. The molecule has 0 saturated carbocycles. The molecular formula is C2H7IN3O2-. The fourth-order valence-electron chi connectivity index (χ4n) is 0.214. The van der Waals surface area contributed by atoms with Gasteiger partial charge < -0.3 is 10.4 Å². The maximum atomic E-state index is 10.1. The summed E-state index contributed by atoms with van der Waals surface area (Å²) in [7, 11) is 2.90. The van der Waals surface area contributed by atoms with Crippen molar-refractivity contribution in [2.45, 2.75) is 0 Å². The van der Waals surface area contributed by atoms with E-state index in [2.05, 4.69) is 8.70 Å². The van der Waals surface area contributed by atoms with Gasteiger partial charge in [0.2, 0.25) is 0 Å². The minimum Gasteiger partial charge on any atom is -0.771 e. The normalized spacial score (nSPS) is 11.2. The van der Waals surface area contributed by atoms with Gasteiger partial charge in [0.15, 0.2) is 0 Å². The summed E-state index contributed by atoms with van der Waals surface area (Å²) in [6, 6.07) is 0. The van der Waals surface area contributed by atoms with Crippen LogP contribution in [0.3, 0.4) is 0 Å². The second kappa shape index (κ2) is 4.41. The highest BCUT2D eigenvalue weighted by molar-refractivity contribution is 14.1. The summed E-state index contributed by atoms with van der Waals surface area (Å²) in [6.45, 7) is 0. The molecule has 6 heteroatoms. The van der Waals surface area contributed by atoms with Gasteiger partial charge in [-0.3, -0.25) is 0 Å². The van der Waals surface area contributed by atoms with Crippen LogP contribution in [0.5, 0.6) is 0 Å². The lowest BCUT2D eigenvalue weighted by molar-refractivity contribution is -0.0894. The number of nitrogens with one attached hydrogen (secondary N) is 1. The summed E-state index contributed by atoms with van der Waals surface area (Å²) in [5, 5.41) is 11.8. The van der Waals surface area contributed by atoms with Gasteiger partial charge >= 0.3 is 0 Å². The molecular weight excluding hydrogens is 225 g/mol. The first-order valence-electron chi connectivity index (χ1n) is 1.86. The number of nitrogens with zero attached hydrogens (tertiary/aromatic N) is 2. The molecule has 1 N–H and O–H groups in total. The standard InChI is InChI=1S/C2H7IN3O2/c1-5(7)4-6(2)8-3/h4H,1-2H3/q-1. The Kier molecular flexibility index (Phi) is 4.71. The van der Waals surface area contributed by atoms with Crippen molar-refractivity contribution in [1.29, 1.82) is 0 Å². The molecule has 0 rings (SSSR count). The topological polar surface area (TPSA) is 50.8 Å². The summed E-state index contributed by atoms with van der Waals surface area (Å²) in [5.74, 6) is 0. The molecule has 0 aliphatic carbocycles. The van der Waals surface area contributed by atoms with E-state index in [0.29, 0.717) is 5.17 Å². The van der Waals surface area contributed by atoms with Gasteiger partial charge in [-0.15, -0.1) is 5.17 Å². The van der Waals surface area contributed by atoms with E-state index >= 15 is 0 Å². The third-order valence-electron chi connectivity index (χ3n) is 0.385. The lowest BCUT2D eigenvalue weighted by atomic mass is 11.4. The van der Waals surface area contributed by atoms with Gasteiger partial charge in [0.05, 0.1) is 0 Å². The third-order valence-corrected chi connectivity index (χ3v) is 0.976. The van der Waals surface area contributed by atoms with Crippen LogP contribution in [-0.2, 0) is 3.17 Å². The zero-order valence-corrected chi connectivity index (χ0v) is 6.75. The van der Waals surface area contributed by atoms with Gasteiger partial charge in [0, 0.05) is 7.05 Å². The van der Waals surface area contributed by atoms with Crippen molar-refractivity contribution < 1.29 is 3.17 Å². The maximum Gasteiger partial charge on any atom is 0.139 e. The van der Waals surface area contributed by atoms with Crippen molar-refractivity contribution in [2.75, 3.05) is 14.1 Å². The Labute approximate surface area is 61.7 Å². The SMILES string of the molecule is CN([O-])NN(C)OI. The van der Waals surface area contributed by atoms with E-state index in [4.69, 9.17) is 0 Å². The van der Waals surface area contributed by atoms with E-state index in [-0.39, 0.29) is 0 Å². The van der Waals surface area contributed by atoms with E-state index in [1.165, 1.54) is 12.2 Å². The van der Waals surface area contributed by atoms with Crippen molar-refractivity contribution in [2.24, 2.45) is 0 Å². The number of rotatable bonds is 3. The van der Waals surface area contributed by atoms with Crippen LogP contribution in [0.15, 0.2) is 0 Å². The quantitative estimate of drug-likeness (QED) is 0.550. The van der Waals surface area contributed by atoms with Crippen molar-refractivity contribution in [3.8, 4) is 0 Å². The smallest absolute Gasteiger partial charge is 0.139 e. The Morgan fingerprint density at radius 2 is 2.12 bits per heavy atom. The Bertz CT molecular complexity index is 61.2. The first-order chi connectivity index (χ1) is 3.66. The molecule has 0 aliphatic rings. The van der Waals surface area contributed by atoms with Crippen LogP contribution in [0.2, 0.25) is 0 Å². The summed E-state index contributed by atoms with van der Waals surface area (Å²) in [4.78, 5) is 0. The minimum atomic E-state index is 0.526. The first kappa shape index (κ1) is 8.53. The Morgan fingerprint density at radius 1 is 1.62 bits per heavy atom. The van der Waals surface area contributed by atoms with Gasteiger partial charge in [0.1, 0.15) is 23.0 Å². The van der Waals surface area contributed by atoms with Crippen LogP contribution in [-0.4, -0.2) is 24.4 Å². The van der Waals surface area contributed by atoms with Crippen LogP contribution >= 0.6 is 23.0 Å². The van der Waals surface area contributed by atoms with Crippen molar-refractivity contribution in [3.05, 3.63) is 5.21 Å². The second-order valence-electron chi connectivity index (χ2n) is 1.16. The highest BCUT2D eigenvalue weighted by Crippen LogP contribution is 1.86. The van der Waals surface area contributed by atoms with Crippen molar-refractivity contribution in [3.63, 3.8) is 0 Å². The molecule has 50 valence electrons. The van der Waals surface area contributed by atoms with Crippen LogP contribution in [0.25, 0.3) is 0 Å². The summed E-state index contributed by atoms with van der Waals surface area (Å²) < 4.78 is 4.51. The van der Waals surface area contributed by atoms with E-state index in [9.17, 15) is 5.21 Å². The molecule has 0 radical (unpaired) electrons. The number of hydrazine groups is 2. The minimum absolute atomic E-state index is 0.526. The molecule has 0 unspecified atom stereocenters. The zero-order valence-electron chi connectivity index (χ0n) is 4.59. The third kappa shape index (κ3) is 4.68. The monoisotopic (exact) mass is 232 g/mol. The van der Waals surface area contributed by atoms with E-state index in [1.807, 2.05) is 0 Å². The van der Waals surface area contributed by atoms with Gasteiger partial charge in [-0.05, 0) is 7.05 Å². The van der Waals surface area contributed by atoms with Gasteiger partial charge in [-0.1, -0.05) is 0 Å². The summed E-state index contributed by atoms with van der Waals surface area (Å²) in [6.07, 6.45) is 0. The molecule has 0 aromatic carbocycles. The van der Waals surface area contributed by atoms with Gasteiger partial charge in [-0.2, -0.15) is 5.53 Å². The second-order valence-corrected chi connectivity index (χ2v) is 1.56.